The lowest BCUT2D eigenvalue weighted by molar-refractivity contribution is 0.0696. The van der Waals surface area contributed by atoms with Crippen molar-refractivity contribution in [3.05, 3.63) is 17.3 Å². The number of carbonyl (C=O) groups is 1. The zero-order valence-electron chi connectivity index (χ0n) is 11.5. The molecule has 100 valence electrons. The summed E-state index contributed by atoms with van der Waals surface area (Å²) < 4.78 is 0. The smallest absolute Gasteiger partial charge is 0.339 e. The van der Waals surface area contributed by atoms with Gasteiger partial charge in [-0.15, -0.1) is 5.10 Å². The maximum atomic E-state index is 11.3. The van der Waals surface area contributed by atoms with Gasteiger partial charge in [0.1, 0.15) is 5.56 Å². The lowest BCUT2D eigenvalue weighted by Crippen LogP contribution is -2.23. The number of aromatic nitrogens is 2. The molecule has 0 radical (unpaired) electrons. The van der Waals surface area contributed by atoms with Crippen LogP contribution in [0.3, 0.4) is 0 Å². The first kappa shape index (κ1) is 14.4. The summed E-state index contributed by atoms with van der Waals surface area (Å²) in [4.78, 5) is 13.1. The fourth-order valence-corrected chi connectivity index (χ4v) is 1.62. The molecule has 0 saturated carbocycles. The van der Waals surface area contributed by atoms with Gasteiger partial charge in [-0.2, -0.15) is 5.10 Å². The molecule has 1 N–H and O–H groups in total. The Hall–Kier alpha value is -1.65. The quantitative estimate of drug-likeness (QED) is 0.841. The maximum absolute atomic E-state index is 11.3. The summed E-state index contributed by atoms with van der Waals surface area (Å²) in [6, 6.07) is 1.62. The molecule has 0 saturated heterocycles. The van der Waals surface area contributed by atoms with Gasteiger partial charge in [0.2, 0.25) is 0 Å². The minimum Gasteiger partial charge on any atom is -0.478 e. The largest absolute Gasteiger partial charge is 0.478 e. The first-order valence-corrected chi connectivity index (χ1v) is 6.29. The van der Waals surface area contributed by atoms with E-state index in [0.29, 0.717) is 11.5 Å². The lowest BCUT2D eigenvalue weighted by Gasteiger charge is -2.19. The van der Waals surface area contributed by atoms with Crippen molar-refractivity contribution in [2.75, 3.05) is 18.5 Å². The molecule has 0 spiro atoms. The second-order valence-electron chi connectivity index (χ2n) is 4.74. The minimum atomic E-state index is -0.954. The van der Waals surface area contributed by atoms with Crippen LogP contribution in [0.15, 0.2) is 6.07 Å². The standard InChI is InChI=1S/C13H21N3O2/c1-5-6-7-16(4)12-10(13(17)18)8-11(9(2)3)14-15-12/h8-9H,5-7H2,1-4H3,(H,17,18). The molecule has 5 nitrogen and oxygen atoms in total. The summed E-state index contributed by atoms with van der Waals surface area (Å²) in [5.41, 5.74) is 0.937. The number of nitrogens with zero attached hydrogens (tertiary/aromatic N) is 3. The summed E-state index contributed by atoms with van der Waals surface area (Å²) in [7, 11) is 1.85. The summed E-state index contributed by atoms with van der Waals surface area (Å²) >= 11 is 0. The van der Waals surface area contributed by atoms with Gasteiger partial charge in [0.25, 0.3) is 0 Å². The molecule has 0 amide bonds. The first-order valence-electron chi connectivity index (χ1n) is 6.29. The van der Waals surface area contributed by atoms with E-state index in [9.17, 15) is 9.90 Å². The zero-order valence-corrected chi connectivity index (χ0v) is 11.5. The van der Waals surface area contributed by atoms with Gasteiger partial charge >= 0.3 is 5.97 Å². The van der Waals surface area contributed by atoms with Crippen molar-refractivity contribution in [3.8, 4) is 0 Å². The van der Waals surface area contributed by atoms with E-state index in [4.69, 9.17) is 0 Å². The molecule has 0 aliphatic carbocycles. The molecule has 0 bridgehead atoms. The molecule has 0 aliphatic heterocycles. The second-order valence-corrected chi connectivity index (χ2v) is 4.74. The van der Waals surface area contributed by atoms with E-state index in [1.165, 1.54) is 0 Å². The number of hydrogen-bond donors (Lipinski definition) is 1. The van der Waals surface area contributed by atoms with Gasteiger partial charge in [0.15, 0.2) is 5.82 Å². The molecule has 0 atom stereocenters. The monoisotopic (exact) mass is 251 g/mol. The maximum Gasteiger partial charge on any atom is 0.339 e. The molecule has 1 rings (SSSR count). The third-order valence-corrected chi connectivity index (χ3v) is 2.82. The lowest BCUT2D eigenvalue weighted by atomic mass is 10.1. The van der Waals surface area contributed by atoms with Gasteiger partial charge < -0.3 is 10.0 Å². The highest BCUT2D eigenvalue weighted by Gasteiger charge is 2.17. The number of carboxylic acid groups (broad SMARTS) is 1. The first-order chi connectivity index (χ1) is 8.47. The topological polar surface area (TPSA) is 66.3 Å². The molecule has 1 heterocycles. The Labute approximate surface area is 108 Å². The number of hydrogen-bond acceptors (Lipinski definition) is 4. The van der Waals surface area contributed by atoms with Crippen LogP contribution in [0, 0.1) is 0 Å². The van der Waals surface area contributed by atoms with Gasteiger partial charge in [0.05, 0.1) is 5.69 Å². The van der Waals surface area contributed by atoms with Gasteiger partial charge in [-0.3, -0.25) is 0 Å². The predicted molar refractivity (Wildman–Crippen MR) is 71.3 cm³/mol. The summed E-state index contributed by atoms with van der Waals surface area (Å²) in [6.07, 6.45) is 2.06. The fraction of sp³-hybridized carbons (Fsp3) is 0.615. The zero-order chi connectivity index (χ0) is 13.7. The fourth-order valence-electron chi connectivity index (χ4n) is 1.62. The van der Waals surface area contributed by atoms with Crippen LogP contribution in [-0.4, -0.2) is 34.9 Å². The molecular formula is C13H21N3O2. The van der Waals surface area contributed by atoms with Crippen molar-refractivity contribution < 1.29 is 9.90 Å². The Bertz CT molecular complexity index is 419. The van der Waals surface area contributed by atoms with Crippen molar-refractivity contribution >= 4 is 11.8 Å². The summed E-state index contributed by atoms with van der Waals surface area (Å²) in [5.74, 6) is -0.337. The van der Waals surface area contributed by atoms with E-state index in [1.807, 2.05) is 25.8 Å². The average molecular weight is 251 g/mol. The Morgan fingerprint density at radius 2 is 2.11 bits per heavy atom. The Kier molecular flexibility index (Phi) is 5.07. The highest BCUT2D eigenvalue weighted by atomic mass is 16.4. The number of anilines is 1. The van der Waals surface area contributed by atoms with Crippen LogP contribution in [0.1, 0.15) is 55.6 Å². The van der Waals surface area contributed by atoms with Crippen LogP contribution in [0.2, 0.25) is 0 Å². The van der Waals surface area contributed by atoms with E-state index >= 15 is 0 Å². The normalized spacial score (nSPS) is 10.7. The molecule has 1 aromatic rings. The average Bonchev–Trinajstić information content (AvgIpc) is 2.34. The van der Waals surface area contributed by atoms with Crippen LogP contribution in [0.5, 0.6) is 0 Å². The Morgan fingerprint density at radius 1 is 1.44 bits per heavy atom. The van der Waals surface area contributed by atoms with Crippen LogP contribution in [0.25, 0.3) is 0 Å². The van der Waals surface area contributed by atoms with E-state index in [0.717, 1.165) is 19.4 Å². The molecule has 0 aliphatic rings. The van der Waals surface area contributed by atoms with Crippen molar-refractivity contribution in [2.24, 2.45) is 0 Å². The van der Waals surface area contributed by atoms with Crippen LogP contribution in [0.4, 0.5) is 5.82 Å². The number of aromatic carboxylic acids is 1. The van der Waals surface area contributed by atoms with Crippen LogP contribution in [-0.2, 0) is 0 Å². The number of unbranched alkanes of at least 4 members (excludes halogenated alkanes) is 1. The molecule has 18 heavy (non-hydrogen) atoms. The Morgan fingerprint density at radius 3 is 2.61 bits per heavy atom. The highest BCUT2D eigenvalue weighted by Crippen LogP contribution is 2.20. The molecule has 0 aromatic carbocycles. The van der Waals surface area contributed by atoms with Crippen LogP contribution < -0.4 is 4.90 Å². The van der Waals surface area contributed by atoms with Gasteiger partial charge in [-0.05, 0) is 18.4 Å². The summed E-state index contributed by atoms with van der Waals surface area (Å²) in [5, 5.41) is 17.4. The van der Waals surface area contributed by atoms with Gasteiger partial charge in [-0.1, -0.05) is 27.2 Å². The van der Waals surface area contributed by atoms with Crippen LogP contribution >= 0.6 is 0 Å². The number of rotatable bonds is 6. The molecule has 1 aromatic heterocycles. The molecule has 0 fully saturated rings. The molecular weight excluding hydrogens is 230 g/mol. The third kappa shape index (κ3) is 3.42. The SMILES string of the molecule is CCCCN(C)c1nnc(C(C)C)cc1C(=O)O. The van der Waals surface area contributed by atoms with Crippen molar-refractivity contribution in [2.45, 2.75) is 39.5 Å². The Balaban J connectivity index is 3.07. The van der Waals surface area contributed by atoms with E-state index < -0.39 is 5.97 Å². The molecule has 5 heteroatoms. The highest BCUT2D eigenvalue weighted by molar-refractivity contribution is 5.93. The summed E-state index contributed by atoms with van der Waals surface area (Å²) in [6.45, 7) is 6.82. The van der Waals surface area contributed by atoms with E-state index in [1.54, 1.807) is 6.07 Å². The van der Waals surface area contributed by atoms with Crippen molar-refractivity contribution in [1.82, 2.24) is 10.2 Å². The second kappa shape index (κ2) is 6.33. The number of carboxylic acids is 1. The van der Waals surface area contributed by atoms with Crippen molar-refractivity contribution in [1.29, 1.82) is 0 Å². The third-order valence-electron chi connectivity index (χ3n) is 2.82. The van der Waals surface area contributed by atoms with Gasteiger partial charge in [-0.25, -0.2) is 4.79 Å². The minimum absolute atomic E-state index is 0.172. The van der Waals surface area contributed by atoms with Crippen molar-refractivity contribution in [3.63, 3.8) is 0 Å². The van der Waals surface area contributed by atoms with E-state index in [-0.39, 0.29) is 11.5 Å². The molecule has 0 unspecified atom stereocenters. The van der Waals surface area contributed by atoms with Gasteiger partial charge in [0, 0.05) is 13.6 Å². The van der Waals surface area contributed by atoms with E-state index in [2.05, 4.69) is 17.1 Å². The predicted octanol–water partition coefficient (Wildman–Crippen LogP) is 2.53.